The van der Waals surface area contributed by atoms with Gasteiger partial charge in [0.25, 0.3) is 0 Å². The van der Waals surface area contributed by atoms with Crippen LogP contribution in [0.5, 0.6) is 0 Å². The van der Waals surface area contributed by atoms with Gasteiger partial charge in [0, 0.05) is 30.9 Å². The molecule has 0 unspecified atom stereocenters. The van der Waals surface area contributed by atoms with Crippen LogP contribution in [-0.4, -0.2) is 40.5 Å². The Morgan fingerprint density at radius 1 is 1.26 bits per heavy atom. The van der Waals surface area contributed by atoms with Crippen molar-refractivity contribution in [2.45, 2.75) is 64.0 Å². The maximum atomic E-state index is 12.4. The van der Waals surface area contributed by atoms with Gasteiger partial charge < -0.3 is 16.0 Å². The number of hydrogen-bond donors (Lipinski definition) is 2. The van der Waals surface area contributed by atoms with Crippen LogP contribution >= 0.6 is 0 Å². The molecule has 3 rings (SSSR count). The molecule has 1 aromatic rings. The van der Waals surface area contributed by atoms with Crippen molar-refractivity contribution >= 4 is 11.7 Å². The van der Waals surface area contributed by atoms with E-state index >= 15 is 0 Å². The van der Waals surface area contributed by atoms with Gasteiger partial charge in [-0.15, -0.1) is 0 Å². The van der Waals surface area contributed by atoms with Crippen molar-refractivity contribution in [3.8, 4) is 0 Å². The fraction of sp³-hybridized carbons (Fsp3) is 0.706. The van der Waals surface area contributed by atoms with E-state index in [4.69, 9.17) is 5.73 Å². The molecule has 2 heterocycles. The first-order valence-corrected chi connectivity index (χ1v) is 8.63. The molecular formula is C17H27N5O. The highest BCUT2D eigenvalue weighted by Gasteiger charge is 2.38. The summed E-state index contributed by atoms with van der Waals surface area (Å²) in [6.45, 7) is 5.72. The van der Waals surface area contributed by atoms with Crippen LogP contribution in [-0.2, 0) is 4.79 Å². The minimum absolute atomic E-state index is 0.0437. The predicted molar refractivity (Wildman–Crippen MR) is 90.3 cm³/mol. The monoisotopic (exact) mass is 317 g/mol. The third-order valence-electron chi connectivity index (χ3n) is 5.05. The second kappa shape index (κ2) is 6.43. The van der Waals surface area contributed by atoms with Crippen molar-refractivity contribution in [3.63, 3.8) is 0 Å². The van der Waals surface area contributed by atoms with Crippen molar-refractivity contribution in [2.75, 3.05) is 18.0 Å². The largest absolute Gasteiger partial charge is 0.356 e. The number of amides is 1. The van der Waals surface area contributed by atoms with Crippen molar-refractivity contribution in [2.24, 2.45) is 5.73 Å². The minimum Gasteiger partial charge on any atom is -0.356 e. The van der Waals surface area contributed by atoms with Gasteiger partial charge in [-0.2, -0.15) is 0 Å². The molecule has 6 nitrogen and oxygen atoms in total. The molecule has 3 N–H and O–H groups in total. The Bertz CT molecular complexity index is 554. The average Bonchev–Trinajstić information content (AvgIpc) is 2.95. The maximum absolute atomic E-state index is 12.4. The predicted octanol–water partition coefficient (Wildman–Crippen LogP) is 1.45. The highest BCUT2D eigenvalue weighted by Crippen LogP contribution is 2.28. The van der Waals surface area contributed by atoms with Gasteiger partial charge in [-0.1, -0.05) is 12.8 Å². The van der Waals surface area contributed by atoms with Gasteiger partial charge >= 0.3 is 0 Å². The number of nitrogens with two attached hydrogens (primary N) is 1. The van der Waals surface area contributed by atoms with Crippen molar-refractivity contribution < 1.29 is 4.79 Å². The van der Waals surface area contributed by atoms with E-state index in [0.717, 1.165) is 69.0 Å². The number of hydrogen-bond acceptors (Lipinski definition) is 5. The Hall–Kier alpha value is -1.69. The zero-order chi connectivity index (χ0) is 16.4. The van der Waals surface area contributed by atoms with E-state index in [2.05, 4.69) is 20.2 Å². The summed E-state index contributed by atoms with van der Waals surface area (Å²) < 4.78 is 0. The molecule has 1 aromatic heterocycles. The number of carbonyl (C=O) groups is 1. The molecule has 6 heteroatoms. The third-order valence-corrected chi connectivity index (χ3v) is 5.05. The second-order valence-electron chi connectivity index (χ2n) is 7.01. The van der Waals surface area contributed by atoms with E-state index in [9.17, 15) is 4.79 Å². The number of aryl methyl sites for hydroxylation is 2. The number of nitrogens with one attached hydrogen (secondary N) is 1. The lowest BCUT2D eigenvalue weighted by Gasteiger charge is -2.35. The topological polar surface area (TPSA) is 84.1 Å². The molecule has 1 amide bonds. The Morgan fingerprint density at radius 2 is 1.91 bits per heavy atom. The van der Waals surface area contributed by atoms with Crippen LogP contribution in [0, 0.1) is 13.8 Å². The summed E-state index contributed by atoms with van der Waals surface area (Å²) in [5.41, 5.74) is 6.60. The van der Waals surface area contributed by atoms with Crippen LogP contribution in [0.15, 0.2) is 6.07 Å². The zero-order valence-corrected chi connectivity index (χ0v) is 14.1. The molecular weight excluding hydrogens is 290 g/mol. The molecule has 126 valence electrons. The van der Waals surface area contributed by atoms with Gasteiger partial charge in [0.05, 0.1) is 5.54 Å². The smallest absolute Gasteiger partial charge is 0.240 e. The highest BCUT2D eigenvalue weighted by molar-refractivity contribution is 5.86. The SMILES string of the molecule is Cc1cc(N2CCC(NC(=O)C3(N)CCCC3)CC2)nc(C)n1. The van der Waals surface area contributed by atoms with Gasteiger partial charge in [0.15, 0.2) is 0 Å². The molecule has 0 aromatic carbocycles. The molecule has 0 atom stereocenters. The normalized spacial score (nSPS) is 21.4. The van der Waals surface area contributed by atoms with Crippen LogP contribution in [0.25, 0.3) is 0 Å². The van der Waals surface area contributed by atoms with Crippen LogP contribution in [0.2, 0.25) is 0 Å². The molecule has 0 radical (unpaired) electrons. The fourth-order valence-corrected chi connectivity index (χ4v) is 3.67. The van der Waals surface area contributed by atoms with E-state index in [0.29, 0.717) is 0 Å². The van der Waals surface area contributed by atoms with Crippen LogP contribution in [0.4, 0.5) is 5.82 Å². The molecule has 0 spiro atoms. The molecule has 1 aliphatic carbocycles. The lowest BCUT2D eigenvalue weighted by atomic mass is 9.96. The summed E-state index contributed by atoms with van der Waals surface area (Å²) in [5, 5.41) is 3.17. The molecule has 1 saturated carbocycles. The van der Waals surface area contributed by atoms with E-state index in [1.165, 1.54) is 0 Å². The van der Waals surface area contributed by atoms with Gasteiger partial charge in [-0.05, 0) is 39.5 Å². The minimum atomic E-state index is -0.627. The number of rotatable bonds is 3. The summed E-state index contributed by atoms with van der Waals surface area (Å²) >= 11 is 0. The number of nitrogens with zero attached hydrogens (tertiary/aromatic N) is 3. The summed E-state index contributed by atoms with van der Waals surface area (Å²) in [4.78, 5) is 23.5. The highest BCUT2D eigenvalue weighted by atomic mass is 16.2. The van der Waals surface area contributed by atoms with Gasteiger partial charge in [-0.25, -0.2) is 9.97 Å². The van der Waals surface area contributed by atoms with Crippen molar-refractivity contribution in [3.05, 3.63) is 17.6 Å². The van der Waals surface area contributed by atoms with Gasteiger partial charge in [-0.3, -0.25) is 4.79 Å². The second-order valence-corrected chi connectivity index (χ2v) is 7.01. The number of aromatic nitrogens is 2. The van der Waals surface area contributed by atoms with E-state index in [1.54, 1.807) is 0 Å². The molecule has 2 aliphatic rings. The van der Waals surface area contributed by atoms with E-state index in [1.807, 2.05) is 19.9 Å². The molecule has 1 aliphatic heterocycles. The quantitative estimate of drug-likeness (QED) is 0.881. The molecule has 0 bridgehead atoms. The number of carbonyl (C=O) groups excluding carboxylic acids is 1. The lowest BCUT2D eigenvalue weighted by Crippen LogP contribution is -2.56. The summed E-state index contributed by atoms with van der Waals surface area (Å²) in [7, 11) is 0. The Kier molecular flexibility index (Phi) is 4.53. The van der Waals surface area contributed by atoms with Gasteiger partial charge in [0.1, 0.15) is 11.6 Å². The summed E-state index contributed by atoms with van der Waals surface area (Å²) in [6.07, 6.45) is 5.63. The Balaban J connectivity index is 1.55. The first-order chi connectivity index (χ1) is 11.0. The lowest BCUT2D eigenvalue weighted by molar-refractivity contribution is -0.127. The van der Waals surface area contributed by atoms with Gasteiger partial charge in [0.2, 0.25) is 5.91 Å². The Labute approximate surface area is 137 Å². The molecule has 1 saturated heterocycles. The first kappa shape index (κ1) is 16.2. The van der Waals surface area contributed by atoms with E-state index in [-0.39, 0.29) is 11.9 Å². The number of anilines is 1. The van der Waals surface area contributed by atoms with Crippen molar-refractivity contribution in [1.29, 1.82) is 0 Å². The van der Waals surface area contributed by atoms with E-state index < -0.39 is 5.54 Å². The number of piperidine rings is 1. The Morgan fingerprint density at radius 3 is 2.52 bits per heavy atom. The summed E-state index contributed by atoms with van der Waals surface area (Å²) in [6, 6.07) is 2.25. The summed E-state index contributed by atoms with van der Waals surface area (Å²) in [5.74, 6) is 1.84. The first-order valence-electron chi connectivity index (χ1n) is 8.63. The van der Waals surface area contributed by atoms with Crippen LogP contribution in [0.3, 0.4) is 0 Å². The maximum Gasteiger partial charge on any atom is 0.240 e. The van der Waals surface area contributed by atoms with Crippen molar-refractivity contribution in [1.82, 2.24) is 15.3 Å². The average molecular weight is 317 g/mol. The standard InChI is InChI=1S/C17H27N5O/c1-12-11-15(20-13(2)19-12)22-9-5-14(6-10-22)21-16(23)17(18)7-3-4-8-17/h11,14H,3-10,18H2,1-2H3,(H,21,23). The fourth-order valence-electron chi connectivity index (χ4n) is 3.67. The van der Waals surface area contributed by atoms with Crippen LogP contribution in [0.1, 0.15) is 50.0 Å². The molecule has 2 fully saturated rings. The van der Waals surface area contributed by atoms with Crippen LogP contribution < -0.4 is 16.0 Å². The molecule has 23 heavy (non-hydrogen) atoms. The third kappa shape index (κ3) is 3.63. The zero-order valence-electron chi connectivity index (χ0n) is 14.1.